The fraction of sp³-hybridized carbons (Fsp3) is 0.286. The van der Waals surface area contributed by atoms with Crippen molar-refractivity contribution in [3.63, 3.8) is 0 Å². The van der Waals surface area contributed by atoms with Crippen LogP contribution in [0.1, 0.15) is 11.4 Å². The highest BCUT2D eigenvalue weighted by Crippen LogP contribution is 2.27. The summed E-state index contributed by atoms with van der Waals surface area (Å²) in [5.41, 5.74) is -0.947. The summed E-state index contributed by atoms with van der Waals surface area (Å²) in [7, 11) is 0. The molecule has 1 aromatic rings. The van der Waals surface area contributed by atoms with E-state index in [1.165, 1.54) is 0 Å². The van der Waals surface area contributed by atoms with Gasteiger partial charge in [-0.25, -0.2) is 9.97 Å². The minimum Gasteiger partial charge on any atom is -0.240 e. The third-order valence-electron chi connectivity index (χ3n) is 1.27. The quantitative estimate of drug-likeness (QED) is 0.670. The van der Waals surface area contributed by atoms with Gasteiger partial charge in [-0.15, -0.1) is 0 Å². The van der Waals surface area contributed by atoms with Gasteiger partial charge in [-0.05, 0) is 6.07 Å². The second kappa shape index (κ2) is 3.39. The van der Waals surface area contributed by atoms with Crippen molar-refractivity contribution in [2.24, 2.45) is 0 Å². The Balaban J connectivity index is 3.00. The maximum absolute atomic E-state index is 12.0. The summed E-state index contributed by atoms with van der Waals surface area (Å²) >= 11 is 0. The Hall–Kier alpha value is -1.64. The summed E-state index contributed by atoms with van der Waals surface area (Å²) in [6.07, 6.45) is -3.83. The predicted octanol–water partition coefficient (Wildman–Crippen LogP) is 1.56. The summed E-state index contributed by atoms with van der Waals surface area (Å²) in [5.74, 6) is 0. The minimum atomic E-state index is -4.48. The van der Waals surface area contributed by atoms with Crippen LogP contribution in [0.3, 0.4) is 0 Å². The van der Waals surface area contributed by atoms with Crippen molar-refractivity contribution in [2.45, 2.75) is 12.6 Å². The largest absolute Gasteiger partial charge is 0.433 e. The molecule has 1 aromatic heterocycles. The van der Waals surface area contributed by atoms with E-state index in [0.29, 0.717) is 0 Å². The smallest absolute Gasteiger partial charge is 0.240 e. The Kier molecular flexibility index (Phi) is 2.46. The second-order valence-corrected chi connectivity index (χ2v) is 2.23. The number of hydrogen-bond donors (Lipinski definition) is 0. The fourth-order valence-electron chi connectivity index (χ4n) is 0.730. The third kappa shape index (κ3) is 2.40. The molecule has 0 aliphatic rings. The van der Waals surface area contributed by atoms with Gasteiger partial charge in [0.25, 0.3) is 0 Å². The van der Waals surface area contributed by atoms with Crippen LogP contribution in [-0.2, 0) is 12.6 Å². The molecule has 0 spiro atoms. The molecule has 0 radical (unpaired) electrons. The Labute approximate surface area is 71.9 Å². The average molecular weight is 187 g/mol. The zero-order valence-corrected chi connectivity index (χ0v) is 6.34. The van der Waals surface area contributed by atoms with E-state index in [-0.39, 0.29) is 12.1 Å². The van der Waals surface area contributed by atoms with E-state index in [4.69, 9.17) is 5.26 Å². The van der Waals surface area contributed by atoms with Crippen molar-refractivity contribution in [3.05, 3.63) is 23.8 Å². The lowest BCUT2D eigenvalue weighted by Crippen LogP contribution is -2.09. The first-order chi connectivity index (χ1) is 6.04. The summed E-state index contributed by atoms with van der Waals surface area (Å²) in [6, 6.07) is 2.47. The van der Waals surface area contributed by atoms with Crippen molar-refractivity contribution in [3.8, 4) is 6.07 Å². The molecule has 0 aliphatic heterocycles. The molecule has 0 aromatic carbocycles. The van der Waals surface area contributed by atoms with E-state index in [2.05, 4.69) is 9.97 Å². The standard InChI is InChI=1S/C7H4F3N3/c8-7(9,10)6-3-5(1-2-11)12-4-13-6/h3-4H,1H2. The maximum atomic E-state index is 12.0. The van der Waals surface area contributed by atoms with Crippen LogP contribution in [0.5, 0.6) is 0 Å². The third-order valence-corrected chi connectivity index (χ3v) is 1.27. The van der Waals surface area contributed by atoms with Crippen LogP contribution in [0.25, 0.3) is 0 Å². The molecule has 0 saturated heterocycles. The zero-order chi connectivity index (χ0) is 9.90. The molecule has 6 heteroatoms. The molecule has 0 saturated carbocycles. The molecular weight excluding hydrogens is 183 g/mol. The summed E-state index contributed by atoms with van der Waals surface area (Å²) in [5, 5.41) is 8.22. The van der Waals surface area contributed by atoms with Crippen LogP contribution < -0.4 is 0 Å². The number of hydrogen-bond acceptors (Lipinski definition) is 3. The second-order valence-electron chi connectivity index (χ2n) is 2.23. The summed E-state index contributed by atoms with van der Waals surface area (Å²) < 4.78 is 36.1. The molecule has 0 atom stereocenters. The number of nitriles is 1. The van der Waals surface area contributed by atoms with Crippen LogP contribution in [0.15, 0.2) is 12.4 Å². The molecule has 0 fully saturated rings. The lowest BCUT2D eigenvalue weighted by Gasteiger charge is -2.04. The summed E-state index contributed by atoms with van der Waals surface area (Å²) in [4.78, 5) is 6.56. The number of nitrogens with zero attached hydrogens (tertiary/aromatic N) is 3. The van der Waals surface area contributed by atoms with Gasteiger partial charge in [0.2, 0.25) is 0 Å². The number of rotatable bonds is 1. The Bertz CT molecular complexity index is 340. The predicted molar refractivity (Wildman–Crippen MR) is 36.4 cm³/mol. The van der Waals surface area contributed by atoms with Gasteiger partial charge in [-0.2, -0.15) is 18.4 Å². The van der Waals surface area contributed by atoms with E-state index in [0.717, 1.165) is 12.4 Å². The minimum absolute atomic E-state index is 0.0739. The van der Waals surface area contributed by atoms with Crippen molar-refractivity contribution in [2.75, 3.05) is 0 Å². The molecule has 0 amide bonds. The van der Waals surface area contributed by atoms with Gasteiger partial charge in [0, 0.05) is 0 Å². The first kappa shape index (κ1) is 9.45. The fourth-order valence-corrected chi connectivity index (χ4v) is 0.730. The van der Waals surface area contributed by atoms with Crippen LogP contribution in [0.2, 0.25) is 0 Å². The molecule has 68 valence electrons. The summed E-state index contributed by atoms with van der Waals surface area (Å²) in [6.45, 7) is 0. The first-order valence-corrected chi connectivity index (χ1v) is 3.29. The molecular formula is C7H4F3N3. The molecule has 1 heterocycles. The van der Waals surface area contributed by atoms with Crippen molar-refractivity contribution < 1.29 is 13.2 Å². The van der Waals surface area contributed by atoms with E-state index in [9.17, 15) is 13.2 Å². The Morgan fingerprint density at radius 2 is 2.08 bits per heavy atom. The zero-order valence-electron chi connectivity index (χ0n) is 6.34. The highest BCUT2D eigenvalue weighted by atomic mass is 19.4. The van der Waals surface area contributed by atoms with Crippen LogP contribution in [0.4, 0.5) is 13.2 Å². The van der Waals surface area contributed by atoms with Gasteiger partial charge in [0.1, 0.15) is 12.0 Å². The molecule has 13 heavy (non-hydrogen) atoms. The maximum Gasteiger partial charge on any atom is 0.433 e. The SMILES string of the molecule is N#CCc1cc(C(F)(F)F)ncn1. The van der Waals surface area contributed by atoms with E-state index < -0.39 is 11.9 Å². The average Bonchev–Trinajstić information content (AvgIpc) is 2.04. The number of halogens is 3. The van der Waals surface area contributed by atoms with Crippen molar-refractivity contribution >= 4 is 0 Å². The topological polar surface area (TPSA) is 49.6 Å². The van der Waals surface area contributed by atoms with E-state index in [1.807, 2.05) is 0 Å². The van der Waals surface area contributed by atoms with Gasteiger partial charge in [-0.1, -0.05) is 0 Å². The first-order valence-electron chi connectivity index (χ1n) is 3.29. The highest BCUT2D eigenvalue weighted by molar-refractivity contribution is 5.13. The monoisotopic (exact) mass is 187 g/mol. The van der Waals surface area contributed by atoms with Gasteiger partial charge in [-0.3, -0.25) is 0 Å². The van der Waals surface area contributed by atoms with Crippen LogP contribution in [-0.4, -0.2) is 9.97 Å². The Morgan fingerprint density at radius 1 is 1.38 bits per heavy atom. The van der Waals surface area contributed by atoms with Crippen LogP contribution in [0, 0.1) is 11.3 Å². The molecule has 3 nitrogen and oxygen atoms in total. The molecule has 0 N–H and O–H groups in total. The number of aromatic nitrogens is 2. The van der Waals surface area contributed by atoms with Gasteiger partial charge in [0.05, 0.1) is 18.2 Å². The van der Waals surface area contributed by atoms with Gasteiger partial charge < -0.3 is 0 Å². The molecule has 0 aliphatic carbocycles. The lowest BCUT2D eigenvalue weighted by molar-refractivity contribution is -0.141. The van der Waals surface area contributed by atoms with E-state index >= 15 is 0 Å². The van der Waals surface area contributed by atoms with Crippen molar-refractivity contribution in [1.82, 2.24) is 9.97 Å². The molecule has 0 bridgehead atoms. The number of alkyl halides is 3. The highest BCUT2D eigenvalue weighted by Gasteiger charge is 2.32. The van der Waals surface area contributed by atoms with Gasteiger partial charge >= 0.3 is 6.18 Å². The molecule has 0 unspecified atom stereocenters. The normalized spacial score (nSPS) is 10.9. The van der Waals surface area contributed by atoms with Crippen LogP contribution >= 0.6 is 0 Å². The van der Waals surface area contributed by atoms with Crippen molar-refractivity contribution in [1.29, 1.82) is 5.26 Å². The van der Waals surface area contributed by atoms with Gasteiger partial charge in [0.15, 0.2) is 0 Å². The van der Waals surface area contributed by atoms with E-state index in [1.54, 1.807) is 6.07 Å². The lowest BCUT2D eigenvalue weighted by atomic mass is 10.2. The Morgan fingerprint density at radius 3 is 2.62 bits per heavy atom. The molecule has 1 rings (SSSR count).